The van der Waals surface area contributed by atoms with Gasteiger partial charge in [-0.1, -0.05) is 66.7 Å². The topological polar surface area (TPSA) is 96.4 Å². The number of aromatic hydroxyl groups is 1. The highest BCUT2D eigenvalue weighted by Crippen LogP contribution is 2.65. The van der Waals surface area contributed by atoms with Crippen molar-refractivity contribution in [3.8, 4) is 17.2 Å². The number of amides is 1. The molecular formula is C40H44N2O6. The third-order valence-corrected chi connectivity index (χ3v) is 11.3. The highest BCUT2D eigenvalue weighted by Gasteiger charge is 2.67. The number of ketones is 2. The second-order valence-corrected chi connectivity index (χ2v) is 13.7. The van der Waals surface area contributed by atoms with Crippen molar-refractivity contribution in [3.05, 3.63) is 102 Å². The summed E-state index contributed by atoms with van der Waals surface area (Å²) in [5, 5.41) is 11.3. The number of phenolic OH excluding ortho intramolecular Hbond substituents is 1. The maximum absolute atomic E-state index is 14.3. The van der Waals surface area contributed by atoms with Gasteiger partial charge in [0.05, 0.1) is 19.7 Å². The molecule has 1 N–H and O–H groups in total. The van der Waals surface area contributed by atoms with Crippen LogP contribution in [0.3, 0.4) is 0 Å². The molecule has 2 aliphatic carbocycles. The van der Waals surface area contributed by atoms with Crippen LogP contribution in [0.25, 0.3) is 0 Å². The van der Waals surface area contributed by atoms with Gasteiger partial charge in [0, 0.05) is 59.2 Å². The third kappa shape index (κ3) is 5.40. The molecule has 2 bridgehead atoms. The fourth-order valence-corrected chi connectivity index (χ4v) is 9.25. The third-order valence-electron chi connectivity index (χ3n) is 11.3. The molecule has 3 aromatic carbocycles. The second-order valence-electron chi connectivity index (χ2n) is 13.7. The summed E-state index contributed by atoms with van der Waals surface area (Å²) in [6.07, 6.45) is 6.40. The van der Waals surface area contributed by atoms with Crippen molar-refractivity contribution in [2.45, 2.75) is 75.0 Å². The molecule has 1 saturated carbocycles. The Morgan fingerprint density at radius 2 is 1.71 bits per heavy atom. The van der Waals surface area contributed by atoms with Crippen LogP contribution in [0, 0.1) is 5.92 Å². The number of hydrogen-bond acceptors (Lipinski definition) is 7. The Bertz CT molecular complexity index is 1710. The Morgan fingerprint density at radius 1 is 1.02 bits per heavy atom. The van der Waals surface area contributed by atoms with E-state index in [9.17, 15) is 19.5 Å². The van der Waals surface area contributed by atoms with Crippen molar-refractivity contribution in [2.24, 2.45) is 5.92 Å². The summed E-state index contributed by atoms with van der Waals surface area (Å²) in [7, 11) is 1.59. The number of carbonyl (C=O) groups excluding carboxylic acids is 3. The van der Waals surface area contributed by atoms with E-state index in [0.717, 1.165) is 43.5 Å². The minimum atomic E-state index is -0.420. The van der Waals surface area contributed by atoms with Crippen molar-refractivity contribution >= 4 is 17.5 Å². The van der Waals surface area contributed by atoms with Gasteiger partial charge in [-0.05, 0) is 51.0 Å². The van der Waals surface area contributed by atoms with Crippen LogP contribution in [0.2, 0.25) is 0 Å². The fraction of sp³-hybridized carbons (Fsp3) is 0.425. The van der Waals surface area contributed by atoms with E-state index in [-0.39, 0.29) is 60.3 Å². The van der Waals surface area contributed by atoms with E-state index >= 15 is 0 Å². The summed E-state index contributed by atoms with van der Waals surface area (Å²) in [5.41, 5.74) is 2.77. The van der Waals surface area contributed by atoms with E-state index in [1.807, 2.05) is 54.6 Å². The molecule has 8 heteroatoms. The first-order valence-electron chi connectivity index (χ1n) is 17.3. The summed E-state index contributed by atoms with van der Waals surface area (Å²) >= 11 is 0. The maximum atomic E-state index is 14.3. The summed E-state index contributed by atoms with van der Waals surface area (Å²) in [6, 6.07) is 19.9. The fourth-order valence-electron chi connectivity index (χ4n) is 9.25. The molecule has 0 unspecified atom stereocenters. The van der Waals surface area contributed by atoms with Crippen molar-refractivity contribution < 1.29 is 29.0 Å². The second kappa shape index (κ2) is 13.2. The number of unbranched alkanes of at least 4 members (excludes halogenated alkanes) is 1. The lowest BCUT2D eigenvalue weighted by molar-refractivity contribution is -0.141. The zero-order valence-corrected chi connectivity index (χ0v) is 27.6. The van der Waals surface area contributed by atoms with Crippen LogP contribution in [0.4, 0.5) is 0 Å². The van der Waals surface area contributed by atoms with Gasteiger partial charge < -0.3 is 19.5 Å². The number of methoxy groups -OCH3 is 1. The van der Waals surface area contributed by atoms with Crippen LogP contribution in [0.1, 0.15) is 76.8 Å². The quantitative estimate of drug-likeness (QED) is 0.135. The molecule has 0 radical (unpaired) electrons. The number of Topliss-reactive ketones (excluding diaryl/α,β-unsaturated/α-hetero) is 2. The normalized spacial score (nSPS) is 25.0. The number of rotatable bonds is 13. The monoisotopic (exact) mass is 648 g/mol. The lowest BCUT2D eigenvalue weighted by Crippen LogP contribution is -2.69. The van der Waals surface area contributed by atoms with Gasteiger partial charge in [0.15, 0.2) is 23.1 Å². The molecule has 4 aliphatic rings. The molecule has 0 aromatic heterocycles. The molecule has 48 heavy (non-hydrogen) atoms. The highest BCUT2D eigenvalue weighted by atomic mass is 16.5. The van der Waals surface area contributed by atoms with Crippen molar-refractivity contribution in [2.75, 3.05) is 26.7 Å². The Hall–Kier alpha value is -4.43. The zero-order valence-electron chi connectivity index (χ0n) is 27.6. The predicted octanol–water partition coefficient (Wildman–Crippen LogP) is 6.15. The van der Waals surface area contributed by atoms with Gasteiger partial charge in [-0.2, -0.15) is 0 Å². The number of nitrogens with zero attached hydrogens (tertiary/aromatic N) is 2. The standard InChI is InChI=1S/C40H44N2O6/c1-3-21-41-22-20-40-29-18-19-30(39(40)48-38-35(47-2)24-33(44)28(37(38)40)23-31(29)41)42(25-34(45)27-14-8-5-9-15-27)36(46)17-11-10-16-32(43)26-12-6-4-7-13-26/h3-9,12-15,24,29-31,39,44H,1,10-11,16-23,25H2,2H3/t29-,30-,31+,39-,40-/m0/s1. The predicted molar refractivity (Wildman–Crippen MR) is 183 cm³/mol. The first-order chi connectivity index (χ1) is 23.4. The lowest BCUT2D eigenvalue weighted by Gasteiger charge is -2.60. The number of benzene rings is 3. The molecule has 1 amide bonds. The van der Waals surface area contributed by atoms with E-state index < -0.39 is 5.41 Å². The molecule has 8 nitrogen and oxygen atoms in total. The molecule has 1 saturated heterocycles. The first kappa shape index (κ1) is 32.1. The molecule has 5 atom stereocenters. The van der Waals surface area contributed by atoms with Gasteiger partial charge >= 0.3 is 0 Å². The molecule has 3 aromatic rings. The number of likely N-dealkylation sites (tertiary alicyclic amines) is 1. The summed E-state index contributed by atoms with van der Waals surface area (Å²) < 4.78 is 12.7. The highest BCUT2D eigenvalue weighted by molar-refractivity contribution is 5.99. The van der Waals surface area contributed by atoms with E-state index in [2.05, 4.69) is 11.5 Å². The van der Waals surface area contributed by atoms with Gasteiger partial charge in [-0.25, -0.2) is 0 Å². The molecule has 250 valence electrons. The zero-order chi connectivity index (χ0) is 33.4. The molecule has 2 heterocycles. The number of piperidine rings is 1. The van der Waals surface area contributed by atoms with Gasteiger partial charge in [-0.15, -0.1) is 6.58 Å². The molecule has 2 fully saturated rings. The lowest BCUT2D eigenvalue weighted by atomic mass is 9.50. The Labute approximate surface area is 282 Å². The molecule has 2 aliphatic heterocycles. The van der Waals surface area contributed by atoms with Gasteiger partial charge in [-0.3, -0.25) is 19.3 Å². The van der Waals surface area contributed by atoms with Crippen molar-refractivity contribution in [3.63, 3.8) is 0 Å². The molecule has 7 rings (SSSR count). The van der Waals surface area contributed by atoms with Crippen LogP contribution < -0.4 is 9.47 Å². The van der Waals surface area contributed by atoms with Crippen LogP contribution in [0.5, 0.6) is 17.2 Å². The SMILES string of the molecule is C=CCN1CC[C@]23c4c5c(O)cc(OC)c4O[C@H]2[C@@H](N(CC(=O)c2ccccc2)C(=O)CCCCC(=O)c2ccccc2)CC[C@H]3[C@H]1C5. The minimum absolute atomic E-state index is 0.0470. The van der Waals surface area contributed by atoms with E-state index in [1.54, 1.807) is 30.2 Å². The number of phenols is 1. The van der Waals surface area contributed by atoms with Gasteiger partial charge in [0.2, 0.25) is 5.91 Å². The van der Waals surface area contributed by atoms with E-state index in [4.69, 9.17) is 9.47 Å². The maximum Gasteiger partial charge on any atom is 0.223 e. The molecule has 1 spiro atoms. The average molecular weight is 649 g/mol. The van der Waals surface area contributed by atoms with Crippen LogP contribution in [0.15, 0.2) is 79.4 Å². The van der Waals surface area contributed by atoms with Gasteiger partial charge in [0.1, 0.15) is 11.9 Å². The van der Waals surface area contributed by atoms with E-state index in [1.165, 1.54) is 0 Å². The Kier molecular flexibility index (Phi) is 8.86. The summed E-state index contributed by atoms with van der Waals surface area (Å²) in [4.78, 5) is 45.0. The van der Waals surface area contributed by atoms with Crippen LogP contribution in [-0.2, 0) is 16.6 Å². The van der Waals surface area contributed by atoms with Crippen molar-refractivity contribution in [1.29, 1.82) is 0 Å². The largest absolute Gasteiger partial charge is 0.508 e. The smallest absolute Gasteiger partial charge is 0.223 e. The van der Waals surface area contributed by atoms with Gasteiger partial charge in [0.25, 0.3) is 0 Å². The average Bonchev–Trinajstić information content (AvgIpc) is 3.46. The first-order valence-corrected chi connectivity index (χ1v) is 17.3. The van der Waals surface area contributed by atoms with Crippen LogP contribution in [-0.4, -0.2) is 77.3 Å². The van der Waals surface area contributed by atoms with E-state index in [0.29, 0.717) is 48.3 Å². The molecular weight excluding hydrogens is 604 g/mol. The number of carbonyl (C=O) groups is 3. The summed E-state index contributed by atoms with van der Waals surface area (Å²) in [5.74, 6) is 1.51. The Balaban J connectivity index is 1.20. The minimum Gasteiger partial charge on any atom is -0.508 e. The Morgan fingerprint density at radius 3 is 2.40 bits per heavy atom. The van der Waals surface area contributed by atoms with Crippen molar-refractivity contribution in [1.82, 2.24) is 9.80 Å². The number of hydrogen-bond donors (Lipinski definition) is 1. The summed E-state index contributed by atoms with van der Waals surface area (Å²) in [6.45, 7) is 5.58. The van der Waals surface area contributed by atoms with Crippen LogP contribution >= 0.6 is 0 Å². The number of ether oxygens (including phenoxy) is 2.